The van der Waals surface area contributed by atoms with E-state index in [2.05, 4.69) is 10.6 Å². The van der Waals surface area contributed by atoms with Crippen molar-refractivity contribution in [3.8, 4) is 11.5 Å². The van der Waals surface area contributed by atoms with Crippen molar-refractivity contribution in [1.29, 1.82) is 0 Å². The zero-order valence-corrected chi connectivity index (χ0v) is 16.0. The van der Waals surface area contributed by atoms with Crippen molar-refractivity contribution in [2.75, 3.05) is 12.4 Å². The highest BCUT2D eigenvalue weighted by molar-refractivity contribution is 5.96. The van der Waals surface area contributed by atoms with Crippen LogP contribution in [0.5, 0.6) is 11.5 Å². The number of hydrogen-bond acceptors (Lipinski definition) is 4. The normalized spacial score (nSPS) is 11.2. The molecule has 0 aliphatic rings. The molecule has 0 heterocycles. The van der Waals surface area contributed by atoms with E-state index in [9.17, 15) is 9.59 Å². The number of anilines is 1. The van der Waals surface area contributed by atoms with Crippen LogP contribution in [-0.2, 0) is 11.2 Å². The van der Waals surface area contributed by atoms with E-state index in [-0.39, 0.29) is 5.91 Å². The predicted molar refractivity (Wildman–Crippen MR) is 111 cm³/mol. The fourth-order valence-corrected chi connectivity index (χ4v) is 2.73. The summed E-state index contributed by atoms with van der Waals surface area (Å²) in [7, 11) is 1.58. The van der Waals surface area contributed by atoms with Crippen molar-refractivity contribution in [1.82, 2.24) is 5.32 Å². The highest BCUT2D eigenvalue weighted by Crippen LogP contribution is 2.16. The average molecular weight is 390 g/mol. The Bertz CT molecular complexity index is 928. The Hall–Kier alpha value is -3.80. The zero-order chi connectivity index (χ0) is 20.5. The molecule has 2 amide bonds. The molecule has 2 N–H and O–H groups in total. The second kappa shape index (κ2) is 9.94. The van der Waals surface area contributed by atoms with Gasteiger partial charge in [-0.25, -0.2) is 4.79 Å². The molecule has 0 aromatic heterocycles. The summed E-state index contributed by atoms with van der Waals surface area (Å²) in [6, 6.07) is 24.3. The molecule has 0 radical (unpaired) electrons. The standard InChI is InChI=1S/C23H22N2O4/c1-28-19-14-12-18(13-15-19)24-22(26)21(16-17-8-4-2-5-9-17)25-23(27)29-20-10-6-3-7-11-20/h2-15,21H,16H2,1H3,(H,24,26)(H,25,27)/t21-/m0/s1. The van der Waals surface area contributed by atoms with Gasteiger partial charge in [-0.2, -0.15) is 0 Å². The number of nitrogens with one attached hydrogen (secondary N) is 2. The van der Waals surface area contributed by atoms with Crippen LogP contribution in [-0.4, -0.2) is 25.2 Å². The summed E-state index contributed by atoms with van der Waals surface area (Å²) < 4.78 is 10.4. The van der Waals surface area contributed by atoms with Crippen molar-refractivity contribution < 1.29 is 19.1 Å². The number of rotatable bonds is 7. The lowest BCUT2D eigenvalue weighted by atomic mass is 10.1. The van der Waals surface area contributed by atoms with Crippen molar-refractivity contribution in [2.24, 2.45) is 0 Å². The van der Waals surface area contributed by atoms with Crippen LogP contribution in [0.3, 0.4) is 0 Å². The molecule has 0 unspecified atom stereocenters. The Morgan fingerprint density at radius 1 is 0.828 bits per heavy atom. The Balaban J connectivity index is 1.70. The van der Waals surface area contributed by atoms with E-state index in [0.717, 1.165) is 5.56 Å². The van der Waals surface area contributed by atoms with Gasteiger partial charge in [-0.05, 0) is 42.0 Å². The molecule has 0 aliphatic carbocycles. The third-order valence-electron chi connectivity index (χ3n) is 4.20. The summed E-state index contributed by atoms with van der Waals surface area (Å²) in [5, 5.41) is 5.48. The highest BCUT2D eigenvalue weighted by atomic mass is 16.6. The van der Waals surface area contributed by atoms with Crippen LogP contribution in [0.4, 0.5) is 10.5 Å². The van der Waals surface area contributed by atoms with Gasteiger partial charge in [0.25, 0.3) is 0 Å². The maximum absolute atomic E-state index is 12.8. The molecule has 6 nitrogen and oxygen atoms in total. The molecular weight excluding hydrogens is 368 g/mol. The number of benzene rings is 3. The number of hydrogen-bond donors (Lipinski definition) is 2. The van der Waals surface area contributed by atoms with E-state index >= 15 is 0 Å². The van der Waals surface area contributed by atoms with Gasteiger partial charge in [0.15, 0.2) is 0 Å². The molecule has 6 heteroatoms. The quantitative estimate of drug-likeness (QED) is 0.639. The van der Waals surface area contributed by atoms with Crippen LogP contribution < -0.4 is 20.1 Å². The van der Waals surface area contributed by atoms with Crippen molar-refractivity contribution in [3.63, 3.8) is 0 Å². The Morgan fingerprint density at radius 3 is 2.07 bits per heavy atom. The molecule has 0 fully saturated rings. The molecule has 1 atom stereocenters. The number of carbonyl (C=O) groups is 2. The lowest BCUT2D eigenvalue weighted by Crippen LogP contribution is -2.46. The highest BCUT2D eigenvalue weighted by Gasteiger charge is 2.22. The van der Waals surface area contributed by atoms with Gasteiger partial charge < -0.3 is 20.1 Å². The molecule has 148 valence electrons. The first-order valence-electron chi connectivity index (χ1n) is 9.16. The van der Waals surface area contributed by atoms with Crippen LogP contribution in [0.15, 0.2) is 84.9 Å². The molecule has 3 aromatic carbocycles. The van der Waals surface area contributed by atoms with Crippen LogP contribution >= 0.6 is 0 Å². The molecule has 29 heavy (non-hydrogen) atoms. The Morgan fingerprint density at radius 2 is 1.45 bits per heavy atom. The lowest BCUT2D eigenvalue weighted by Gasteiger charge is -2.18. The van der Waals surface area contributed by atoms with E-state index in [1.54, 1.807) is 55.6 Å². The van der Waals surface area contributed by atoms with Gasteiger partial charge in [0.1, 0.15) is 17.5 Å². The summed E-state index contributed by atoms with van der Waals surface area (Å²) in [4.78, 5) is 25.2. The molecule has 0 saturated carbocycles. The average Bonchev–Trinajstić information content (AvgIpc) is 2.75. The van der Waals surface area contributed by atoms with Crippen LogP contribution in [0.25, 0.3) is 0 Å². The molecule has 3 aromatic rings. The number of amides is 2. The number of carbonyl (C=O) groups excluding carboxylic acids is 2. The second-order valence-corrected chi connectivity index (χ2v) is 6.31. The van der Waals surface area contributed by atoms with E-state index in [1.165, 1.54) is 0 Å². The maximum atomic E-state index is 12.8. The first-order chi connectivity index (χ1) is 14.1. The Kier molecular flexibility index (Phi) is 6.84. The van der Waals surface area contributed by atoms with Gasteiger partial charge in [-0.1, -0.05) is 48.5 Å². The minimum absolute atomic E-state index is 0.326. The van der Waals surface area contributed by atoms with E-state index in [4.69, 9.17) is 9.47 Å². The fraction of sp³-hybridized carbons (Fsp3) is 0.130. The molecule has 3 rings (SSSR count). The van der Waals surface area contributed by atoms with E-state index in [0.29, 0.717) is 23.6 Å². The molecule has 0 saturated heterocycles. The summed E-state index contributed by atoms with van der Waals surface area (Å²) in [6.07, 6.45) is -0.366. The first kappa shape index (κ1) is 19.9. The summed E-state index contributed by atoms with van der Waals surface area (Å²) in [6.45, 7) is 0. The van der Waals surface area contributed by atoms with Gasteiger partial charge in [-0.15, -0.1) is 0 Å². The molecular formula is C23H22N2O4. The van der Waals surface area contributed by atoms with Crippen molar-refractivity contribution >= 4 is 17.7 Å². The van der Waals surface area contributed by atoms with Gasteiger partial charge in [0.05, 0.1) is 7.11 Å². The largest absolute Gasteiger partial charge is 0.497 e. The van der Waals surface area contributed by atoms with Crippen LogP contribution in [0.2, 0.25) is 0 Å². The fourth-order valence-electron chi connectivity index (χ4n) is 2.73. The summed E-state index contributed by atoms with van der Waals surface area (Å²) >= 11 is 0. The SMILES string of the molecule is COc1ccc(NC(=O)[C@H](Cc2ccccc2)NC(=O)Oc2ccccc2)cc1. The van der Waals surface area contributed by atoms with Gasteiger partial charge >= 0.3 is 6.09 Å². The minimum Gasteiger partial charge on any atom is -0.497 e. The predicted octanol–water partition coefficient (Wildman–Crippen LogP) is 4.03. The van der Waals surface area contributed by atoms with Crippen LogP contribution in [0.1, 0.15) is 5.56 Å². The van der Waals surface area contributed by atoms with Gasteiger partial charge in [0, 0.05) is 12.1 Å². The summed E-state index contributed by atoms with van der Waals surface area (Å²) in [5.41, 5.74) is 1.52. The smallest absolute Gasteiger partial charge is 0.413 e. The number of ether oxygens (including phenoxy) is 2. The molecule has 0 aliphatic heterocycles. The topological polar surface area (TPSA) is 76.7 Å². The first-order valence-corrected chi connectivity index (χ1v) is 9.16. The van der Waals surface area contributed by atoms with Gasteiger partial charge in [-0.3, -0.25) is 4.79 Å². The zero-order valence-electron chi connectivity index (χ0n) is 16.0. The Labute approximate surface area is 169 Å². The second-order valence-electron chi connectivity index (χ2n) is 6.31. The van der Waals surface area contributed by atoms with E-state index < -0.39 is 12.1 Å². The maximum Gasteiger partial charge on any atom is 0.413 e. The third-order valence-corrected chi connectivity index (χ3v) is 4.20. The summed E-state index contributed by atoms with van der Waals surface area (Å²) in [5.74, 6) is 0.747. The van der Waals surface area contributed by atoms with E-state index in [1.807, 2.05) is 36.4 Å². The van der Waals surface area contributed by atoms with Crippen molar-refractivity contribution in [2.45, 2.75) is 12.5 Å². The minimum atomic E-state index is -0.810. The number of para-hydroxylation sites is 1. The monoisotopic (exact) mass is 390 g/mol. The van der Waals surface area contributed by atoms with Crippen LogP contribution in [0, 0.1) is 0 Å². The number of methoxy groups -OCH3 is 1. The van der Waals surface area contributed by atoms with Gasteiger partial charge in [0.2, 0.25) is 5.91 Å². The van der Waals surface area contributed by atoms with Crippen molar-refractivity contribution in [3.05, 3.63) is 90.5 Å². The molecule has 0 spiro atoms. The molecule has 0 bridgehead atoms. The third kappa shape index (κ3) is 6.10. The lowest BCUT2D eigenvalue weighted by molar-refractivity contribution is -0.118.